The molecule has 1 aromatic carbocycles. The Bertz CT molecular complexity index is 455. The van der Waals surface area contributed by atoms with Crippen molar-refractivity contribution in [3.8, 4) is 0 Å². The molecule has 0 aliphatic carbocycles. The third-order valence-corrected chi connectivity index (χ3v) is 2.39. The van der Waals surface area contributed by atoms with E-state index in [1.54, 1.807) is 6.92 Å². The van der Waals surface area contributed by atoms with Gasteiger partial charge in [-0.1, -0.05) is 35.9 Å². The van der Waals surface area contributed by atoms with Gasteiger partial charge in [0.25, 0.3) is 0 Å². The Morgan fingerprint density at radius 3 is 2.53 bits per heavy atom. The molecular weight excluding hydrogens is 244 g/mol. The fourth-order valence-corrected chi connectivity index (χ4v) is 1.49. The number of benzene rings is 1. The smallest absolute Gasteiger partial charge is 0.328 e. The number of carbonyl (C=O) groups is 2. The van der Waals surface area contributed by atoms with Gasteiger partial charge in [-0.3, -0.25) is 4.79 Å². The van der Waals surface area contributed by atoms with Crippen LogP contribution in [0, 0.1) is 0 Å². The second-order valence-electron chi connectivity index (χ2n) is 4.19. The zero-order chi connectivity index (χ0) is 14.1. The lowest BCUT2D eigenvalue weighted by Crippen LogP contribution is -2.34. The molecule has 5 heteroatoms. The standard InChI is InChI=1S/C14H18N2O3/c1-11(7-14(18)19)8-15-10-13(17)16-9-12-5-3-2-4-6-12/h2-7,15H,8-10H2,1H3,(H,16,17)(H,18,19)/b11-7-. The topological polar surface area (TPSA) is 78.4 Å². The average Bonchev–Trinajstić information content (AvgIpc) is 2.36. The minimum absolute atomic E-state index is 0.119. The Labute approximate surface area is 112 Å². The van der Waals surface area contributed by atoms with Crippen LogP contribution in [0.5, 0.6) is 0 Å². The first-order valence-corrected chi connectivity index (χ1v) is 5.99. The van der Waals surface area contributed by atoms with E-state index in [9.17, 15) is 9.59 Å². The first-order valence-electron chi connectivity index (χ1n) is 5.99. The third-order valence-electron chi connectivity index (χ3n) is 2.39. The number of hydrogen-bond acceptors (Lipinski definition) is 3. The zero-order valence-electron chi connectivity index (χ0n) is 10.8. The third kappa shape index (κ3) is 7.00. The summed E-state index contributed by atoms with van der Waals surface area (Å²) in [5.41, 5.74) is 1.71. The van der Waals surface area contributed by atoms with Gasteiger partial charge in [0, 0.05) is 19.2 Å². The van der Waals surface area contributed by atoms with Crippen molar-refractivity contribution in [2.75, 3.05) is 13.1 Å². The van der Waals surface area contributed by atoms with Gasteiger partial charge in [0.15, 0.2) is 0 Å². The summed E-state index contributed by atoms with van der Waals surface area (Å²) in [6.07, 6.45) is 1.12. The maximum atomic E-state index is 11.5. The highest BCUT2D eigenvalue weighted by Crippen LogP contribution is 1.96. The molecule has 19 heavy (non-hydrogen) atoms. The van der Waals surface area contributed by atoms with Gasteiger partial charge < -0.3 is 15.7 Å². The number of carboxylic acid groups (broad SMARTS) is 1. The molecule has 102 valence electrons. The van der Waals surface area contributed by atoms with Crippen molar-refractivity contribution in [2.24, 2.45) is 0 Å². The van der Waals surface area contributed by atoms with E-state index in [0.717, 1.165) is 11.6 Å². The molecule has 0 aromatic heterocycles. The van der Waals surface area contributed by atoms with Crippen LogP contribution in [0.1, 0.15) is 12.5 Å². The predicted octanol–water partition coefficient (Wildman–Crippen LogP) is 0.923. The summed E-state index contributed by atoms with van der Waals surface area (Å²) in [7, 11) is 0. The molecule has 1 rings (SSSR count). The maximum absolute atomic E-state index is 11.5. The molecule has 3 N–H and O–H groups in total. The molecule has 0 aliphatic rings. The molecule has 0 fully saturated rings. The molecule has 0 aliphatic heterocycles. The van der Waals surface area contributed by atoms with Crippen LogP contribution in [0.15, 0.2) is 42.0 Å². The number of hydrogen-bond donors (Lipinski definition) is 3. The SMILES string of the molecule is C/C(=C/C(=O)O)CNCC(=O)NCc1ccccc1. The van der Waals surface area contributed by atoms with E-state index in [1.165, 1.54) is 0 Å². The maximum Gasteiger partial charge on any atom is 0.328 e. The highest BCUT2D eigenvalue weighted by Gasteiger charge is 2.01. The van der Waals surface area contributed by atoms with Crippen LogP contribution < -0.4 is 10.6 Å². The summed E-state index contributed by atoms with van der Waals surface area (Å²) in [6.45, 7) is 2.73. The lowest BCUT2D eigenvalue weighted by Gasteiger charge is -2.06. The van der Waals surface area contributed by atoms with Gasteiger partial charge in [0.05, 0.1) is 6.54 Å². The number of nitrogens with one attached hydrogen (secondary N) is 2. The van der Waals surface area contributed by atoms with Gasteiger partial charge in [-0.25, -0.2) is 4.79 Å². The predicted molar refractivity (Wildman–Crippen MR) is 72.6 cm³/mol. The second kappa shape index (κ2) is 8.05. The molecular formula is C14H18N2O3. The summed E-state index contributed by atoms with van der Waals surface area (Å²) < 4.78 is 0. The lowest BCUT2D eigenvalue weighted by atomic mass is 10.2. The lowest BCUT2D eigenvalue weighted by molar-refractivity contribution is -0.131. The van der Waals surface area contributed by atoms with E-state index in [0.29, 0.717) is 18.7 Å². The molecule has 0 atom stereocenters. The van der Waals surface area contributed by atoms with Crippen LogP contribution >= 0.6 is 0 Å². The first kappa shape index (κ1) is 14.9. The second-order valence-corrected chi connectivity index (χ2v) is 4.19. The van der Waals surface area contributed by atoms with E-state index >= 15 is 0 Å². The van der Waals surface area contributed by atoms with Crippen molar-refractivity contribution in [1.29, 1.82) is 0 Å². The number of amides is 1. The molecule has 0 saturated heterocycles. The van der Waals surface area contributed by atoms with Crippen molar-refractivity contribution >= 4 is 11.9 Å². The molecule has 0 radical (unpaired) electrons. The van der Waals surface area contributed by atoms with Gasteiger partial charge >= 0.3 is 5.97 Å². The summed E-state index contributed by atoms with van der Waals surface area (Å²) in [5, 5.41) is 14.2. The van der Waals surface area contributed by atoms with E-state index in [4.69, 9.17) is 5.11 Å². The van der Waals surface area contributed by atoms with Gasteiger partial charge in [-0.15, -0.1) is 0 Å². The first-order chi connectivity index (χ1) is 9.08. The average molecular weight is 262 g/mol. The Morgan fingerprint density at radius 1 is 1.21 bits per heavy atom. The summed E-state index contributed by atoms with van der Waals surface area (Å²) in [6, 6.07) is 9.63. The van der Waals surface area contributed by atoms with E-state index in [-0.39, 0.29) is 12.5 Å². The molecule has 0 bridgehead atoms. The van der Waals surface area contributed by atoms with Crippen LogP contribution in [0.25, 0.3) is 0 Å². The summed E-state index contributed by atoms with van der Waals surface area (Å²) >= 11 is 0. The highest BCUT2D eigenvalue weighted by atomic mass is 16.4. The molecule has 0 spiro atoms. The molecule has 1 amide bonds. The number of carboxylic acids is 1. The van der Waals surface area contributed by atoms with Crippen LogP contribution in [-0.4, -0.2) is 30.1 Å². The largest absolute Gasteiger partial charge is 0.478 e. The van der Waals surface area contributed by atoms with Crippen LogP contribution in [0.4, 0.5) is 0 Å². The van der Waals surface area contributed by atoms with Gasteiger partial charge in [0.2, 0.25) is 5.91 Å². The Hall–Kier alpha value is -2.14. The Morgan fingerprint density at radius 2 is 1.89 bits per heavy atom. The number of aliphatic carboxylic acids is 1. The van der Waals surface area contributed by atoms with Crippen molar-refractivity contribution in [3.63, 3.8) is 0 Å². The van der Waals surface area contributed by atoms with Crippen molar-refractivity contribution in [2.45, 2.75) is 13.5 Å². The van der Waals surface area contributed by atoms with E-state index < -0.39 is 5.97 Å². The monoisotopic (exact) mass is 262 g/mol. The van der Waals surface area contributed by atoms with Crippen LogP contribution in [0.3, 0.4) is 0 Å². The Kier molecular flexibility index (Phi) is 6.32. The van der Waals surface area contributed by atoms with Crippen LogP contribution in [-0.2, 0) is 16.1 Å². The van der Waals surface area contributed by atoms with E-state index in [1.807, 2.05) is 30.3 Å². The van der Waals surface area contributed by atoms with Crippen LogP contribution in [0.2, 0.25) is 0 Å². The van der Waals surface area contributed by atoms with Gasteiger partial charge in [0.1, 0.15) is 0 Å². The molecule has 1 aromatic rings. The molecule has 0 unspecified atom stereocenters. The quantitative estimate of drug-likeness (QED) is 0.639. The van der Waals surface area contributed by atoms with Gasteiger partial charge in [-0.05, 0) is 12.5 Å². The Balaban J connectivity index is 2.20. The normalized spacial score (nSPS) is 11.1. The molecule has 0 saturated carbocycles. The number of rotatable bonds is 7. The van der Waals surface area contributed by atoms with E-state index in [2.05, 4.69) is 10.6 Å². The van der Waals surface area contributed by atoms with Crippen molar-refractivity contribution < 1.29 is 14.7 Å². The number of carbonyl (C=O) groups excluding carboxylic acids is 1. The summed E-state index contributed by atoms with van der Waals surface area (Å²) in [4.78, 5) is 21.9. The summed E-state index contributed by atoms with van der Waals surface area (Å²) in [5.74, 6) is -1.10. The highest BCUT2D eigenvalue weighted by molar-refractivity contribution is 5.80. The fraction of sp³-hybridized carbons (Fsp3) is 0.286. The minimum Gasteiger partial charge on any atom is -0.478 e. The van der Waals surface area contributed by atoms with Crippen molar-refractivity contribution in [1.82, 2.24) is 10.6 Å². The molecule has 0 heterocycles. The molecule has 5 nitrogen and oxygen atoms in total. The fourth-order valence-electron chi connectivity index (χ4n) is 1.49. The van der Waals surface area contributed by atoms with Gasteiger partial charge in [-0.2, -0.15) is 0 Å². The van der Waals surface area contributed by atoms with Crippen molar-refractivity contribution in [3.05, 3.63) is 47.5 Å². The minimum atomic E-state index is -0.979. The zero-order valence-corrected chi connectivity index (χ0v) is 10.8.